The van der Waals surface area contributed by atoms with E-state index < -0.39 is 11.8 Å². The number of alkyl halides is 2. The van der Waals surface area contributed by atoms with Gasteiger partial charge in [0.2, 0.25) is 0 Å². The molecule has 1 N–H and O–H groups in total. The number of aromatic amines is 1. The van der Waals surface area contributed by atoms with Crippen LogP contribution in [-0.4, -0.2) is 20.9 Å². The number of hydrogen-bond acceptors (Lipinski definition) is 2. The lowest BCUT2D eigenvalue weighted by molar-refractivity contribution is 0.111. The highest BCUT2D eigenvalue weighted by atomic mass is 19.3. The minimum Gasteiger partial charge on any atom is -0.345 e. The van der Waals surface area contributed by atoms with Gasteiger partial charge in [-0.15, -0.1) is 0 Å². The highest BCUT2D eigenvalue weighted by Crippen LogP contribution is 2.54. The minimum absolute atomic E-state index is 0.0881. The molecule has 0 radical (unpaired) electrons. The van der Waals surface area contributed by atoms with Crippen LogP contribution in [0.25, 0.3) is 0 Å². The number of imidazole rings is 1. The molecule has 17 heavy (non-hydrogen) atoms. The third kappa shape index (κ3) is 2.05. The highest BCUT2D eigenvalue weighted by molar-refractivity contribution is 5.22. The SMILES string of the molecule is FC1(F)C[C@H]1c1ncc(Cc2ccncc2)[nH]1. The second-order valence-electron chi connectivity index (χ2n) is 4.34. The van der Waals surface area contributed by atoms with E-state index in [4.69, 9.17) is 0 Å². The standard InChI is InChI=1S/C12H11F2N3/c13-12(14)6-10(12)11-16-7-9(17-11)5-8-1-3-15-4-2-8/h1-4,7,10H,5-6H2,(H,16,17)/t10-/m0/s1. The van der Waals surface area contributed by atoms with Crippen molar-refractivity contribution in [1.82, 2.24) is 15.0 Å². The molecule has 5 heteroatoms. The average molecular weight is 235 g/mol. The zero-order valence-electron chi connectivity index (χ0n) is 9.03. The van der Waals surface area contributed by atoms with E-state index in [1.54, 1.807) is 18.6 Å². The van der Waals surface area contributed by atoms with E-state index >= 15 is 0 Å². The molecule has 2 heterocycles. The van der Waals surface area contributed by atoms with E-state index in [-0.39, 0.29) is 6.42 Å². The van der Waals surface area contributed by atoms with E-state index in [0.717, 1.165) is 11.3 Å². The van der Waals surface area contributed by atoms with Crippen molar-refractivity contribution in [1.29, 1.82) is 0 Å². The minimum atomic E-state index is -2.56. The molecule has 0 aromatic carbocycles. The van der Waals surface area contributed by atoms with Crippen LogP contribution in [0.15, 0.2) is 30.7 Å². The van der Waals surface area contributed by atoms with Crippen molar-refractivity contribution in [2.75, 3.05) is 0 Å². The number of aromatic nitrogens is 3. The van der Waals surface area contributed by atoms with Crippen molar-refractivity contribution in [3.63, 3.8) is 0 Å². The van der Waals surface area contributed by atoms with Gasteiger partial charge < -0.3 is 4.98 Å². The molecule has 1 atom stereocenters. The summed E-state index contributed by atoms with van der Waals surface area (Å²) >= 11 is 0. The topological polar surface area (TPSA) is 41.6 Å². The van der Waals surface area contributed by atoms with Crippen LogP contribution in [-0.2, 0) is 6.42 Å². The maximum atomic E-state index is 12.8. The molecule has 0 saturated heterocycles. The lowest BCUT2D eigenvalue weighted by atomic mass is 10.2. The molecule has 2 aromatic rings. The Balaban J connectivity index is 1.74. The number of rotatable bonds is 3. The van der Waals surface area contributed by atoms with E-state index in [0.29, 0.717) is 12.2 Å². The fourth-order valence-electron chi connectivity index (χ4n) is 1.87. The Labute approximate surface area is 96.9 Å². The van der Waals surface area contributed by atoms with Gasteiger partial charge in [0.05, 0.1) is 5.92 Å². The van der Waals surface area contributed by atoms with E-state index in [2.05, 4.69) is 15.0 Å². The first-order chi connectivity index (χ1) is 8.15. The fourth-order valence-corrected chi connectivity index (χ4v) is 1.87. The molecule has 88 valence electrons. The monoisotopic (exact) mass is 235 g/mol. The van der Waals surface area contributed by atoms with Crippen molar-refractivity contribution in [2.45, 2.75) is 24.7 Å². The molecule has 0 bridgehead atoms. The molecule has 0 unspecified atom stereocenters. The predicted molar refractivity (Wildman–Crippen MR) is 57.9 cm³/mol. The van der Waals surface area contributed by atoms with Crippen LogP contribution in [0.4, 0.5) is 8.78 Å². The van der Waals surface area contributed by atoms with Gasteiger partial charge in [-0.25, -0.2) is 13.8 Å². The molecule has 3 rings (SSSR count). The van der Waals surface area contributed by atoms with Gasteiger partial charge in [0.1, 0.15) is 5.82 Å². The third-order valence-electron chi connectivity index (χ3n) is 2.95. The molecule has 3 nitrogen and oxygen atoms in total. The molecule has 1 fully saturated rings. The lowest BCUT2D eigenvalue weighted by Gasteiger charge is -1.97. The number of nitrogens with zero attached hydrogens (tertiary/aromatic N) is 2. The van der Waals surface area contributed by atoms with Crippen LogP contribution in [0.2, 0.25) is 0 Å². The number of pyridine rings is 1. The Morgan fingerprint density at radius 2 is 2.06 bits per heavy atom. The molecule has 0 aliphatic heterocycles. The summed E-state index contributed by atoms with van der Waals surface area (Å²) in [7, 11) is 0. The van der Waals surface area contributed by atoms with Crippen LogP contribution in [0.5, 0.6) is 0 Å². The van der Waals surface area contributed by atoms with Gasteiger partial charge in [0, 0.05) is 37.1 Å². The molecule has 0 amide bonds. The Hall–Kier alpha value is -1.78. The Morgan fingerprint density at radius 1 is 1.35 bits per heavy atom. The zero-order valence-corrected chi connectivity index (χ0v) is 9.03. The smallest absolute Gasteiger partial charge is 0.259 e. The Bertz CT molecular complexity index is 522. The Kier molecular flexibility index (Phi) is 2.21. The molecule has 1 aliphatic carbocycles. The first-order valence-electron chi connectivity index (χ1n) is 5.46. The number of hydrogen-bond donors (Lipinski definition) is 1. The first kappa shape index (κ1) is 10.4. The van der Waals surface area contributed by atoms with E-state index in [9.17, 15) is 8.78 Å². The summed E-state index contributed by atoms with van der Waals surface area (Å²) in [5.41, 5.74) is 1.94. The van der Waals surface area contributed by atoms with Gasteiger partial charge in [-0.3, -0.25) is 4.98 Å². The van der Waals surface area contributed by atoms with Crippen LogP contribution in [0.3, 0.4) is 0 Å². The summed E-state index contributed by atoms with van der Waals surface area (Å²) < 4.78 is 25.7. The summed E-state index contributed by atoms with van der Waals surface area (Å²) in [6.07, 6.45) is 5.62. The van der Waals surface area contributed by atoms with Crippen molar-refractivity contribution in [3.8, 4) is 0 Å². The average Bonchev–Trinajstić information content (AvgIpc) is 2.74. The lowest BCUT2D eigenvalue weighted by Crippen LogP contribution is -1.95. The molecular formula is C12H11F2N3. The van der Waals surface area contributed by atoms with Crippen molar-refractivity contribution < 1.29 is 8.78 Å². The third-order valence-corrected chi connectivity index (χ3v) is 2.95. The van der Waals surface area contributed by atoms with Gasteiger partial charge in [-0.2, -0.15) is 0 Å². The number of H-pyrrole nitrogens is 1. The normalized spacial score (nSPS) is 21.4. The van der Waals surface area contributed by atoms with Crippen molar-refractivity contribution in [3.05, 3.63) is 47.8 Å². The quantitative estimate of drug-likeness (QED) is 0.888. The van der Waals surface area contributed by atoms with Crippen LogP contribution < -0.4 is 0 Å². The summed E-state index contributed by atoms with van der Waals surface area (Å²) in [5, 5.41) is 0. The number of nitrogens with one attached hydrogen (secondary N) is 1. The fraction of sp³-hybridized carbons (Fsp3) is 0.333. The van der Waals surface area contributed by atoms with E-state index in [1.807, 2.05) is 12.1 Å². The largest absolute Gasteiger partial charge is 0.345 e. The second-order valence-corrected chi connectivity index (χ2v) is 4.34. The molecular weight excluding hydrogens is 224 g/mol. The van der Waals surface area contributed by atoms with Gasteiger partial charge in [-0.05, 0) is 17.7 Å². The van der Waals surface area contributed by atoms with Crippen molar-refractivity contribution >= 4 is 0 Å². The summed E-state index contributed by atoms with van der Waals surface area (Å²) in [6.45, 7) is 0. The second kappa shape index (κ2) is 3.61. The summed E-state index contributed by atoms with van der Waals surface area (Å²) in [5.74, 6) is -2.88. The van der Waals surface area contributed by atoms with Crippen LogP contribution in [0, 0.1) is 0 Å². The van der Waals surface area contributed by atoms with Crippen LogP contribution in [0.1, 0.15) is 29.4 Å². The van der Waals surface area contributed by atoms with Crippen LogP contribution >= 0.6 is 0 Å². The predicted octanol–water partition coefficient (Wildman–Crippen LogP) is 2.52. The summed E-state index contributed by atoms with van der Waals surface area (Å²) in [6, 6.07) is 3.79. The van der Waals surface area contributed by atoms with Gasteiger partial charge in [0.15, 0.2) is 0 Å². The van der Waals surface area contributed by atoms with Gasteiger partial charge >= 0.3 is 0 Å². The molecule has 2 aromatic heterocycles. The van der Waals surface area contributed by atoms with Gasteiger partial charge in [0.25, 0.3) is 5.92 Å². The zero-order chi connectivity index (χ0) is 11.9. The summed E-state index contributed by atoms with van der Waals surface area (Å²) in [4.78, 5) is 10.9. The number of halogens is 2. The molecule has 0 spiro atoms. The van der Waals surface area contributed by atoms with Crippen molar-refractivity contribution in [2.24, 2.45) is 0 Å². The molecule has 1 aliphatic rings. The first-order valence-corrected chi connectivity index (χ1v) is 5.46. The van der Waals surface area contributed by atoms with E-state index in [1.165, 1.54) is 0 Å². The van der Waals surface area contributed by atoms with Gasteiger partial charge in [-0.1, -0.05) is 0 Å². The molecule has 1 saturated carbocycles. The maximum absolute atomic E-state index is 12.8. The Morgan fingerprint density at radius 3 is 2.71 bits per heavy atom. The maximum Gasteiger partial charge on any atom is 0.259 e. The highest BCUT2D eigenvalue weighted by Gasteiger charge is 2.59.